The number of ether oxygens (including phenoxy) is 3. The summed E-state index contributed by atoms with van der Waals surface area (Å²) in [7, 11) is 3.08. The molecule has 1 N–H and O–H groups in total. The maximum absolute atomic E-state index is 13.1. The number of rotatable bonds is 6. The number of hydrogen-bond acceptors (Lipinski definition) is 10. The highest BCUT2D eigenvalue weighted by Gasteiger charge is 2.43. The summed E-state index contributed by atoms with van der Waals surface area (Å²) in [6, 6.07) is 6.19. The number of hydrogen-bond donors (Lipinski definition) is 1. The zero-order chi connectivity index (χ0) is 24.1. The third-order valence-corrected chi connectivity index (χ3v) is 5.81. The Morgan fingerprint density at radius 2 is 1.79 bits per heavy atom. The molecule has 0 unspecified atom stereocenters. The minimum Gasteiger partial charge on any atom is -0.497 e. The average Bonchev–Trinajstić information content (AvgIpc) is 2.88. The molecule has 34 heavy (non-hydrogen) atoms. The molecule has 0 radical (unpaired) electrons. The number of guanidine groups is 1. The van der Waals surface area contributed by atoms with Gasteiger partial charge in [-0.3, -0.25) is 14.9 Å². The SMILES string of the molecule is CCOC(=O)[C@@H]1C(=O)NC(N2CCN(c3ncccn3)CC2)=N[C@H]1c1ccc(OC)cc1OC. The molecule has 0 bridgehead atoms. The highest BCUT2D eigenvalue weighted by Crippen LogP contribution is 2.38. The average molecular weight is 469 g/mol. The number of piperazine rings is 1. The van der Waals surface area contributed by atoms with E-state index in [1.807, 2.05) is 4.90 Å². The summed E-state index contributed by atoms with van der Waals surface area (Å²) in [6.45, 7) is 4.40. The number of aromatic nitrogens is 2. The van der Waals surface area contributed by atoms with Crippen LogP contribution in [0.2, 0.25) is 0 Å². The summed E-state index contributed by atoms with van der Waals surface area (Å²) < 4.78 is 16.0. The number of aliphatic imine (C=N–C) groups is 1. The molecule has 2 atom stereocenters. The Balaban J connectivity index is 1.63. The Morgan fingerprint density at radius 1 is 1.09 bits per heavy atom. The number of esters is 1. The molecular formula is C23H28N6O5. The molecule has 2 aliphatic heterocycles. The minimum absolute atomic E-state index is 0.162. The number of carbonyl (C=O) groups is 2. The number of benzene rings is 1. The molecule has 2 aromatic rings. The molecule has 11 heteroatoms. The summed E-state index contributed by atoms with van der Waals surface area (Å²) >= 11 is 0. The van der Waals surface area contributed by atoms with Crippen molar-refractivity contribution in [1.29, 1.82) is 0 Å². The van der Waals surface area contributed by atoms with E-state index in [0.29, 0.717) is 55.1 Å². The molecular weight excluding hydrogens is 440 g/mol. The highest BCUT2D eigenvalue weighted by molar-refractivity contribution is 6.08. The van der Waals surface area contributed by atoms with E-state index in [2.05, 4.69) is 20.2 Å². The monoisotopic (exact) mass is 468 g/mol. The second-order valence-electron chi connectivity index (χ2n) is 7.75. The predicted molar refractivity (Wildman–Crippen MR) is 124 cm³/mol. The maximum Gasteiger partial charge on any atom is 0.321 e. The van der Waals surface area contributed by atoms with Crippen molar-refractivity contribution in [3.63, 3.8) is 0 Å². The zero-order valence-corrected chi connectivity index (χ0v) is 19.4. The van der Waals surface area contributed by atoms with Gasteiger partial charge in [0.2, 0.25) is 17.8 Å². The van der Waals surface area contributed by atoms with E-state index < -0.39 is 23.8 Å². The summed E-state index contributed by atoms with van der Waals surface area (Å²) in [4.78, 5) is 43.4. The Labute approximate surface area is 197 Å². The molecule has 1 aromatic carbocycles. The normalized spacial score (nSPS) is 20.3. The van der Waals surface area contributed by atoms with Crippen LogP contribution in [-0.2, 0) is 14.3 Å². The Morgan fingerprint density at radius 3 is 2.44 bits per heavy atom. The summed E-state index contributed by atoms with van der Waals surface area (Å²) in [5.74, 6) is -0.0663. The Hall–Kier alpha value is -3.89. The lowest BCUT2D eigenvalue weighted by Crippen LogP contribution is -2.57. The summed E-state index contributed by atoms with van der Waals surface area (Å²) in [6.07, 6.45) is 3.42. The smallest absolute Gasteiger partial charge is 0.321 e. The van der Waals surface area contributed by atoms with Crippen LogP contribution in [-0.4, -0.2) is 79.7 Å². The first-order chi connectivity index (χ1) is 16.5. The van der Waals surface area contributed by atoms with Crippen molar-refractivity contribution in [1.82, 2.24) is 20.2 Å². The van der Waals surface area contributed by atoms with Gasteiger partial charge >= 0.3 is 5.97 Å². The number of carbonyl (C=O) groups excluding carboxylic acids is 2. The molecule has 0 spiro atoms. The number of nitrogens with zero attached hydrogens (tertiary/aromatic N) is 5. The van der Waals surface area contributed by atoms with Crippen molar-refractivity contribution in [2.45, 2.75) is 13.0 Å². The predicted octanol–water partition coefficient (Wildman–Crippen LogP) is 1.02. The van der Waals surface area contributed by atoms with Gasteiger partial charge in [-0.05, 0) is 25.1 Å². The largest absolute Gasteiger partial charge is 0.497 e. The molecule has 2 aliphatic rings. The lowest BCUT2D eigenvalue weighted by Gasteiger charge is -2.39. The van der Waals surface area contributed by atoms with Crippen molar-refractivity contribution in [2.75, 3.05) is 51.9 Å². The molecule has 1 fully saturated rings. The van der Waals surface area contributed by atoms with Crippen LogP contribution in [0, 0.1) is 5.92 Å². The molecule has 1 aromatic heterocycles. The lowest BCUT2D eigenvalue weighted by molar-refractivity contribution is -0.153. The van der Waals surface area contributed by atoms with Gasteiger partial charge in [-0.2, -0.15) is 0 Å². The van der Waals surface area contributed by atoms with Crippen molar-refractivity contribution < 1.29 is 23.8 Å². The fraction of sp³-hybridized carbons (Fsp3) is 0.435. The quantitative estimate of drug-likeness (QED) is 0.490. The first-order valence-electron chi connectivity index (χ1n) is 11.1. The minimum atomic E-state index is -1.13. The van der Waals surface area contributed by atoms with Crippen molar-refractivity contribution in [3.8, 4) is 11.5 Å². The number of nitrogens with one attached hydrogen (secondary N) is 1. The van der Waals surface area contributed by atoms with Gasteiger partial charge in [0.25, 0.3) is 0 Å². The molecule has 11 nitrogen and oxygen atoms in total. The van der Waals surface area contributed by atoms with E-state index in [9.17, 15) is 9.59 Å². The standard InChI is InChI=1S/C23H28N6O5/c1-4-34-21(31)18-19(16-7-6-15(32-2)14-17(16)33-3)26-23(27-20(18)30)29-12-10-28(11-13-29)22-24-8-5-9-25-22/h5-9,14,18-19H,4,10-13H2,1-3H3,(H,26,27,30)/t18-,19-/m0/s1. The fourth-order valence-electron chi connectivity index (χ4n) is 4.08. The molecule has 4 rings (SSSR count). The molecule has 3 heterocycles. The Bertz CT molecular complexity index is 1060. The van der Waals surface area contributed by atoms with E-state index in [1.54, 1.807) is 50.7 Å². The van der Waals surface area contributed by atoms with Gasteiger partial charge in [-0.25, -0.2) is 15.0 Å². The van der Waals surface area contributed by atoms with Crippen molar-refractivity contribution in [2.24, 2.45) is 10.9 Å². The maximum atomic E-state index is 13.1. The number of anilines is 1. The van der Waals surface area contributed by atoms with Crippen LogP contribution in [0.15, 0.2) is 41.7 Å². The molecule has 1 saturated heterocycles. The summed E-state index contributed by atoms with van der Waals surface area (Å²) in [5, 5.41) is 2.81. The Kier molecular flexibility index (Phi) is 7.09. The third kappa shape index (κ3) is 4.73. The van der Waals surface area contributed by atoms with Crippen LogP contribution in [0.25, 0.3) is 0 Å². The van der Waals surface area contributed by atoms with E-state index in [0.717, 1.165) is 0 Å². The van der Waals surface area contributed by atoms with Gasteiger partial charge in [0.1, 0.15) is 17.5 Å². The van der Waals surface area contributed by atoms with Gasteiger partial charge in [0.05, 0.1) is 20.8 Å². The second-order valence-corrected chi connectivity index (χ2v) is 7.75. The van der Waals surface area contributed by atoms with Crippen LogP contribution >= 0.6 is 0 Å². The lowest BCUT2D eigenvalue weighted by atomic mass is 9.90. The molecule has 0 saturated carbocycles. The molecule has 1 amide bonds. The van der Waals surface area contributed by atoms with E-state index in [1.165, 1.54) is 7.11 Å². The van der Waals surface area contributed by atoms with Gasteiger partial charge in [-0.15, -0.1) is 0 Å². The van der Waals surface area contributed by atoms with Crippen molar-refractivity contribution in [3.05, 3.63) is 42.2 Å². The van der Waals surface area contributed by atoms with Gasteiger partial charge < -0.3 is 24.0 Å². The first-order valence-corrected chi connectivity index (χ1v) is 11.1. The van der Waals surface area contributed by atoms with Crippen LogP contribution < -0.4 is 19.7 Å². The number of methoxy groups -OCH3 is 2. The van der Waals surface area contributed by atoms with Gasteiger partial charge in [0.15, 0.2) is 5.92 Å². The van der Waals surface area contributed by atoms with E-state index >= 15 is 0 Å². The van der Waals surface area contributed by atoms with E-state index in [-0.39, 0.29) is 6.61 Å². The van der Waals surface area contributed by atoms with Gasteiger partial charge in [0, 0.05) is 50.2 Å². The fourth-order valence-corrected chi connectivity index (χ4v) is 4.08. The topological polar surface area (TPSA) is 118 Å². The van der Waals surface area contributed by atoms with Crippen LogP contribution in [0.1, 0.15) is 18.5 Å². The third-order valence-electron chi connectivity index (χ3n) is 5.81. The molecule has 0 aliphatic carbocycles. The number of amides is 1. The zero-order valence-electron chi connectivity index (χ0n) is 19.4. The summed E-state index contributed by atoms with van der Waals surface area (Å²) in [5.41, 5.74) is 0.602. The highest BCUT2D eigenvalue weighted by atomic mass is 16.5. The van der Waals surface area contributed by atoms with Crippen LogP contribution in [0.4, 0.5) is 5.95 Å². The first kappa shape index (κ1) is 23.3. The van der Waals surface area contributed by atoms with Gasteiger partial charge in [-0.1, -0.05) is 0 Å². The van der Waals surface area contributed by atoms with Crippen LogP contribution in [0.5, 0.6) is 11.5 Å². The van der Waals surface area contributed by atoms with E-state index in [4.69, 9.17) is 19.2 Å². The molecule has 180 valence electrons. The second kappa shape index (κ2) is 10.4. The van der Waals surface area contributed by atoms with Crippen LogP contribution in [0.3, 0.4) is 0 Å². The van der Waals surface area contributed by atoms with Crippen molar-refractivity contribution >= 4 is 23.8 Å².